The lowest BCUT2D eigenvalue weighted by Gasteiger charge is -2.18. The molecule has 0 saturated carbocycles. The minimum Gasteiger partial charge on any atom is -0.454 e. The number of amides is 1. The number of hydrogen-bond donors (Lipinski definition) is 1. The highest BCUT2D eigenvalue weighted by Crippen LogP contribution is 2.34. The van der Waals surface area contributed by atoms with Gasteiger partial charge in [-0.05, 0) is 45.1 Å². The number of ether oxygens (including phenoxy) is 1. The van der Waals surface area contributed by atoms with E-state index in [4.69, 9.17) is 4.74 Å². The third-order valence-corrected chi connectivity index (χ3v) is 4.28. The maximum atomic E-state index is 12.2. The van der Waals surface area contributed by atoms with Crippen LogP contribution in [0.25, 0.3) is 0 Å². The van der Waals surface area contributed by atoms with E-state index in [0.29, 0.717) is 25.0 Å². The van der Waals surface area contributed by atoms with Crippen LogP contribution in [0.5, 0.6) is 0 Å². The zero-order valence-electron chi connectivity index (χ0n) is 13.5. The highest BCUT2D eigenvalue weighted by Gasteiger charge is 2.37. The third kappa shape index (κ3) is 3.87. The molecule has 2 atom stereocenters. The van der Waals surface area contributed by atoms with Gasteiger partial charge in [-0.2, -0.15) is 0 Å². The second kappa shape index (κ2) is 7.43. The molecule has 1 amide bonds. The number of fused-ring (bicyclic) bond motifs is 1. The Morgan fingerprint density at radius 2 is 2.23 bits per heavy atom. The molecule has 0 aromatic rings. The lowest BCUT2D eigenvalue weighted by Crippen LogP contribution is -2.26. The van der Waals surface area contributed by atoms with Crippen molar-refractivity contribution in [3.63, 3.8) is 0 Å². The first-order valence-electron chi connectivity index (χ1n) is 8.07. The van der Waals surface area contributed by atoms with Crippen LogP contribution in [0, 0.1) is 5.92 Å². The van der Waals surface area contributed by atoms with Gasteiger partial charge in [0.05, 0.1) is 0 Å². The maximum Gasteiger partial charge on any atom is 0.334 e. The maximum absolute atomic E-state index is 12.2. The number of nitrogens with one attached hydrogen (secondary N) is 1. The van der Waals surface area contributed by atoms with E-state index in [1.54, 1.807) is 0 Å². The van der Waals surface area contributed by atoms with Gasteiger partial charge < -0.3 is 10.1 Å². The van der Waals surface area contributed by atoms with Crippen LogP contribution in [-0.4, -0.2) is 24.5 Å². The average molecular weight is 303 g/mol. The minimum atomic E-state index is -0.306. The number of allylic oxidation sites excluding steroid dienone is 2. The molecular weight excluding hydrogens is 278 g/mol. The zero-order chi connectivity index (χ0) is 16.1. The van der Waals surface area contributed by atoms with Crippen molar-refractivity contribution in [2.24, 2.45) is 5.92 Å². The normalized spacial score (nSPS) is 25.7. The standard InChI is InChI=1S/C18H25NO3/c1-4-10-19-17(20)14-7-5-6-12(2)11-16-15(9-8-14)13(3)18(21)22-16/h7,11,15-16H,3-6,8-10H2,1-2H3,(H,19,20). The van der Waals surface area contributed by atoms with Crippen LogP contribution >= 0.6 is 0 Å². The summed E-state index contributed by atoms with van der Waals surface area (Å²) < 4.78 is 5.41. The van der Waals surface area contributed by atoms with Crippen molar-refractivity contribution in [2.75, 3.05) is 6.54 Å². The molecule has 0 aromatic carbocycles. The van der Waals surface area contributed by atoms with E-state index in [2.05, 4.69) is 11.9 Å². The molecule has 1 aliphatic carbocycles. The van der Waals surface area contributed by atoms with Gasteiger partial charge in [-0.25, -0.2) is 4.79 Å². The summed E-state index contributed by atoms with van der Waals surface area (Å²) in [5.74, 6) is -0.321. The number of carbonyl (C=O) groups is 2. The molecule has 1 fully saturated rings. The molecule has 0 spiro atoms. The molecule has 0 bridgehead atoms. The molecule has 1 saturated heterocycles. The lowest BCUT2D eigenvalue weighted by molar-refractivity contribution is -0.137. The Morgan fingerprint density at radius 3 is 2.95 bits per heavy atom. The Hall–Kier alpha value is -1.84. The zero-order valence-corrected chi connectivity index (χ0v) is 13.5. The predicted molar refractivity (Wildman–Crippen MR) is 86.1 cm³/mol. The van der Waals surface area contributed by atoms with Gasteiger partial charge in [0.25, 0.3) is 0 Å². The Bertz CT molecular complexity index is 530. The van der Waals surface area contributed by atoms with E-state index in [0.717, 1.165) is 24.8 Å². The van der Waals surface area contributed by atoms with Gasteiger partial charge in [0, 0.05) is 23.6 Å². The van der Waals surface area contributed by atoms with Crippen LogP contribution in [0.4, 0.5) is 0 Å². The van der Waals surface area contributed by atoms with Crippen molar-refractivity contribution in [1.29, 1.82) is 0 Å². The van der Waals surface area contributed by atoms with Gasteiger partial charge in [0.15, 0.2) is 0 Å². The highest BCUT2D eigenvalue weighted by atomic mass is 16.5. The molecular formula is C18H25NO3. The quantitative estimate of drug-likeness (QED) is 0.495. The van der Waals surface area contributed by atoms with E-state index in [9.17, 15) is 9.59 Å². The third-order valence-electron chi connectivity index (χ3n) is 4.28. The van der Waals surface area contributed by atoms with Gasteiger partial charge in [-0.3, -0.25) is 4.79 Å². The molecule has 2 aliphatic rings. The fourth-order valence-electron chi connectivity index (χ4n) is 2.93. The second-order valence-corrected chi connectivity index (χ2v) is 6.08. The van der Waals surface area contributed by atoms with Crippen molar-refractivity contribution in [2.45, 2.75) is 52.1 Å². The summed E-state index contributed by atoms with van der Waals surface area (Å²) >= 11 is 0. The van der Waals surface area contributed by atoms with Crippen molar-refractivity contribution in [3.8, 4) is 0 Å². The van der Waals surface area contributed by atoms with Gasteiger partial charge in [0.1, 0.15) is 6.10 Å². The monoisotopic (exact) mass is 303 g/mol. The van der Waals surface area contributed by atoms with Crippen molar-refractivity contribution in [3.05, 3.63) is 35.5 Å². The van der Waals surface area contributed by atoms with Crippen LogP contribution in [-0.2, 0) is 14.3 Å². The molecule has 1 aliphatic heterocycles. The highest BCUT2D eigenvalue weighted by molar-refractivity contribution is 5.93. The van der Waals surface area contributed by atoms with Crippen LogP contribution in [0.2, 0.25) is 0 Å². The summed E-state index contributed by atoms with van der Waals surface area (Å²) in [6, 6.07) is 0. The van der Waals surface area contributed by atoms with E-state index in [-0.39, 0.29) is 23.9 Å². The van der Waals surface area contributed by atoms with E-state index in [1.165, 1.54) is 5.57 Å². The predicted octanol–water partition coefficient (Wildman–Crippen LogP) is 3.06. The number of hydrogen-bond acceptors (Lipinski definition) is 3. The molecule has 0 radical (unpaired) electrons. The smallest absolute Gasteiger partial charge is 0.334 e. The minimum absolute atomic E-state index is 0.0106. The fraction of sp³-hybridized carbons (Fsp3) is 0.556. The SMILES string of the molecule is C=C1C(=O)OC2C=C(C)CCC=C(C(=O)NCCC)CCC12. The molecule has 22 heavy (non-hydrogen) atoms. The van der Waals surface area contributed by atoms with Gasteiger partial charge in [-0.1, -0.05) is 25.2 Å². The van der Waals surface area contributed by atoms with Crippen LogP contribution < -0.4 is 5.32 Å². The molecule has 1 N–H and O–H groups in total. The molecule has 120 valence electrons. The molecule has 4 heteroatoms. The summed E-state index contributed by atoms with van der Waals surface area (Å²) in [6.07, 6.45) is 7.84. The van der Waals surface area contributed by atoms with Gasteiger partial charge in [0.2, 0.25) is 5.91 Å². The summed E-state index contributed by atoms with van der Waals surface area (Å²) in [5.41, 5.74) is 2.53. The average Bonchev–Trinajstić information content (AvgIpc) is 2.75. The number of esters is 1. The Labute approximate surface area is 132 Å². The summed E-state index contributed by atoms with van der Waals surface area (Å²) in [4.78, 5) is 24.0. The first-order valence-corrected chi connectivity index (χ1v) is 8.07. The van der Waals surface area contributed by atoms with Crippen LogP contribution in [0.3, 0.4) is 0 Å². The lowest BCUT2D eigenvalue weighted by atomic mass is 9.87. The van der Waals surface area contributed by atoms with Crippen molar-refractivity contribution in [1.82, 2.24) is 5.32 Å². The topological polar surface area (TPSA) is 55.4 Å². The van der Waals surface area contributed by atoms with E-state index in [1.807, 2.05) is 26.0 Å². The van der Waals surface area contributed by atoms with E-state index >= 15 is 0 Å². The largest absolute Gasteiger partial charge is 0.454 e. The Kier molecular flexibility index (Phi) is 5.58. The second-order valence-electron chi connectivity index (χ2n) is 6.08. The van der Waals surface area contributed by atoms with Crippen LogP contribution in [0.15, 0.2) is 35.5 Å². The summed E-state index contributed by atoms with van der Waals surface area (Å²) in [7, 11) is 0. The Morgan fingerprint density at radius 1 is 1.45 bits per heavy atom. The molecule has 2 unspecified atom stereocenters. The van der Waals surface area contributed by atoms with Crippen molar-refractivity contribution < 1.29 is 14.3 Å². The fourth-order valence-corrected chi connectivity index (χ4v) is 2.93. The Balaban J connectivity index is 2.15. The van der Waals surface area contributed by atoms with Gasteiger partial charge in [-0.15, -0.1) is 0 Å². The number of rotatable bonds is 3. The molecule has 4 nitrogen and oxygen atoms in total. The molecule has 2 rings (SSSR count). The first-order chi connectivity index (χ1) is 10.5. The van der Waals surface area contributed by atoms with Gasteiger partial charge >= 0.3 is 5.97 Å². The summed E-state index contributed by atoms with van der Waals surface area (Å²) in [6.45, 7) is 8.63. The number of carbonyl (C=O) groups excluding carboxylic acids is 2. The van der Waals surface area contributed by atoms with Crippen LogP contribution in [0.1, 0.15) is 46.0 Å². The first kappa shape index (κ1) is 16.5. The molecule has 0 aromatic heterocycles. The van der Waals surface area contributed by atoms with E-state index < -0.39 is 0 Å². The summed E-state index contributed by atoms with van der Waals surface area (Å²) in [5, 5.41) is 2.93. The van der Waals surface area contributed by atoms with Crippen molar-refractivity contribution >= 4 is 11.9 Å². The molecule has 1 heterocycles.